The van der Waals surface area contributed by atoms with Crippen molar-refractivity contribution in [3.63, 3.8) is 0 Å². The Morgan fingerprint density at radius 2 is 2.00 bits per heavy atom. The summed E-state index contributed by atoms with van der Waals surface area (Å²) in [4.78, 5) is 1.43. The first-order valence-electron chi connectivity index (χ1n) is 6.74. The van der Waals surface area contributed by atoms with Crippen molar-refractivity contribution in [2.24, 2.45) is 5.41 Å². The summed E-state index contributed by atoms with van der Waals surface area (Å²) in [5.74, 6) is 0. The second-order valence-electron chi connectivity index (χ2n) is 5.81. The number of fused-ring (bicyclic) bond motifs is 1. The summed E-state index contributed by atoms with van der Waals surface area (Å²) >= 11 is 1.90. The first kappa shape index (κ1) is 13.6. The maximum Gasteiger partial charge on any atom is 0.0386 e. The zero-order chi connectivity index (χ0) is 13.2. The lowest BCUT2D eigenvalue weighted by atomic mass is 9.90. The summed E-state index contributed by atoms with van der Waals surface area (Å²) in [6.07, 6.45) is 1.21. The fourth-order valence-electron chi connectivity index (χ4n) is 1.87. The van der Waals surface area contributed by atoms with Gasteiger partial charge in [0.2, 0.25) is 0 Å². The molecule has 18 heavy (non-hydrogen) atoms. The first-order valence-corrected chi connectivity index (χ1v) is 7.55. The van der Waals surface area contributed by atoms with Gasteiger partial charge in [-0.05, 0) is 36.3 Å². The Bertz CT molecular complexity index is 480. The molecular formula is C16H23NS. The van der Waals surface area contributed by atoms with Crippen molar-refractivity contribution in [1.82, 2.24) is 5.32 Å². The summed E-state index contributed by atoms with van der Waals surface area (Å²) in [6.45, 7) is 10.2. The lowest BCUT2D eigenvalue weighted by Crippen LogP contribution is -2.30. The zero-order valence-electron chi connectivity index (χ0n) is 11.8. The second-order valence-corrected chi connectivity index (χ2v) is 6.92. The molecule has 0 spiro atoms. The van der Waals surface area contributed by atoms with Crippen molar-refractivity contribution in [2.75, 3.05) is 6.54 Å². The van der Waals surface area contributed by atoms with Gasteiger partial charge < -0.3 is 5.32 Å². The smallest absolute Gasteiger partial charge is 0.0386 e. The van der Waals surface area contributed by atoms with Crippen LogP contribution in [0.2, 0.25) is 0 Å². The number of nitrogens with one attached hydrogen (secondary N) is 1. The molecule has 0 aliphatic rings. The molecule has 0 bridgehead atoms. The van der Waals surface area contributed by atoms with E-state index in [9.17, 15) is 0 Å². The van der Waals surface area contributed by atoms with Crippen LogP contribution in [0, 0.1) is 5.41 Å². The Morgan fingerprint density at radius 1 is 1.28 bits per heavy atom. The van der Waals surface area contributed by atoms with E-state index in [4.69, 9.17) is 0 Å². The molecule has 0 radical (unpaired) electrons. The second kappa shape index (κ2) is 5.41. The average Bonchev–Trinajstić information content (AvgIpc) is 2.80. The summed E-state index contributed by atoms with van der Waals surface area (Å²) in [7, 11) is 0. The minimum atomic E-state index is 0.380. The predicted octanol–water partition coefficient (Wildman–Crippen LogP) is 4.99. The Labute approximate surface area is 114 Å². The van der Waals surface area contributed by atoms with Crippen LogP contribution in [0.4, 0.5) is 0 Å². The third-order valence-electron chi connectivity index (χ3n) is 3.72. The van der Waals surface area contributed by atoms with Crippen molar-refractivity contribution >= 4 is 21.4 Å². The topological polar surface area (TPSA) is 12.0 Å². The van der Waals surface area contributed by atoms with Crippen LogP contribution in [0.25, 0.3) is 10.1 Å². The number of hydrogen-bond donors (Lipinski definition) is 1. The fraction of sp³-hybridized carbons (Fsp3) is 0.500. The van der Waals surface area contributed by atoms with Crippen molar-refractivity contribution in [3.8, 4) is 0 Å². The standard InChI is InChI=1S/C16H23NS/c1-5-16(3,4)11-17-12(2)15-10-13-8-6-7-9-14(13)18-15/h6-10,12,17H,5,11H2,1-4H3. The molecule has 98 valence electrons. The van der Waals surface area contributed by atoms with Gasteiger partial charge in [0.25, 0.3) is 0 Å². The molecule has 1 atom stereocenters. The molecule has 2 heteroatoms. The van der Waals surface area contributed by atoms with Gasteiger partial charge in [0.1, 0.15) is 0 Å². The summed E-state index contributed by atoms with van der Waals surface area (Å²) in [6, 6.07) is 11.4. The third-order valence-corrected chi connectivity index (χ3v) is 5.01. The lowest BCUT2D eigenvalue weighted by molar-refractivity contribution is 0.315. The average molecular weight is 261 g/mol. The quantitative estimate of drug-likeness (QED) is 0.799. The van der Waals surface area contributed by atoms with Crippen LogP contribution in [-0.2, 0) is 0 Å². The monoisotopic (exact) mass is 261 g/mol. The number of benzene rings is 1. The molecule has 1 aromatic heterocycles. The van der Waals surface area contributed by atoms with Gasteiger partial charge in [0.15, 0.2) is 0 Å². The Hall–Kier alpha value is -0.860. The van der Waals surface area contributed by atoms with Crippen molar-refractivity contribution in [2.45, 2.75) is 40.2 Å². The SMILES string of the molecule is CCC(C)(C)CNC(C)c1cc2ccccc2s1. The van der Waals surface area contributed by atoms with Gasteiger partial charge in [0, 0.05) is 22.2 Å². The van der Waals surface area contributed by atoms with Gasteiger partial charge in [-0.3, -0.25) is 0 Å². The highest BCUT2D eigenvalue weighted by molar-refractivity contribution is 7.19. The van der Waals surface area contributed by atoms with Crippen LogP contribution in [0.3, 0.4) is 0 Å². The molecule has 0 aliphatic carbocycles. The van der Waals surface area contributed by atoms with E-state index in [1.54, 1.807) is 0 Å². The highest BCUT2D eigenvalue weighted by Gasteiger charge is 2.17. The first-order chi connectivity index (χ1) is 8.52. The van der Waals surface area contributed by atoms with E-state index < -0.39 is 0 Å². The van der Waals surface area contributed by atoms with Gasteiger partial charge in [-0.2, -0.15) is 0 Å². The normalized spacial score (nSPS) is 14.0. The molecular weight excluding hydrogens is 238 g/mol. The van der Waals surface area contributed by atoms with E-state index >= 15 is 0 Å². The molecule has 0 saturated heterocycles. The summed E-state index contributed by atoms with van der Waals surface area (Å²) < 4.78 is 1.39. The summed E-state index contributed by atoms with van der Waals surface area (Å²) in [5, 5.41) is 5.02. The minimum absolute atomic E-state index is 0.380. The Balaban J connectivity index is 2.07. The number of rotatable bonds is 5. The minimum Gasteiger partial charge on any atom is -0.309 e. The Morgan fingerprint density at radius 3 is 2.67 bits per heavy atom. The maximum absolute atomic E-state index is 3.66. The molecule has 0 fully saturated rings. The van der Waals surface area contributed by atoms with E-state index in [1.165, 1.54) is 21.4 Å². The van der Waals surface area contributed by atoms with Crippen LogP contribution >= 0.6 is 11.3 Å². The van der Waals surface area contributed by atoms with Crippen molar-refractivity contribution in [1.29, 1.82) is 0 Å². The lowest BCUT2D eigenvalue weighted by Gasteiger charge is -2.25. The molecule has 1 nitrogen and oxygen atoms in total. The molecule has 1 N–H and O–H groups in total. The van der Waals surface area contributed by atoms with E-state index in [1.807, 2.05) is 11.3 Å². The van der Waals surface area contributed by atoms with E-state index in [0.29, 0.717) is 11.5 Å². The van der Waals surface area contributed by atoms with Gasteiger partial charge in [-0.15, -0.1) is 11.3 Å². The van der Waals surface area contributed by atoms with Gasteiger partial charge in [0.05, 0.1) is 0 Å². The molecule has 0 saturated carbocycles. The largest absolute Gasteiger partial charge is 0.309 e. The highest BCUT2D eigenvalue weighted by Crippen LogP contribution is 2.30. The molecule has 0 aliphatic heterocycles. The van der Waals surface area contributed by atoms with Crippen molar-refractivity contribution < 1.29 is 0 Å². The molecule has 0 amide bonds. The van der Waals surface area contributed by atoms with Crippen molar-refractivity contribution in [3.05, 3.63) is 35.2 Å². The zero-order valence-corrected chi connectivity index (χ0v) is 12.6. The van der Waals surface area contributed by atoms with E-state index in [-0.39, 0.29) is 0 Å². The molecule has 2 aromatic rings. The van der Waals surface area contributed by atoms with Gasteiger partial charge in [-0.25, -0.2) is 0 Å². The van der Waals surface area contributed by atoms with Crippen LogP contribution < -0.4 is 5.32 Å². The molecule has 1 heterocycles. The van der Waals surface area contributed by atoms with Crippen LogP contribution in [0.5, 0.6) is 0 Å². The molecule has 1 unspecified atom stereocenters. The summed E-state index contributed by atoms with van der Waals surface area (Å²) in [5.41, 5.74) is 0.380. The predicted molar refractivity (Wildman–Crippen MR) is 82.3 cm³/mol. The maximum atomic E-state index is 3.66. The third kappa shape index (κ3) is 3.12. The van der Waals surface area contributed by atoms with Gasteiger partial charge in [-0.1, -0.05) is 39.0 Å². The van der Waals surface area contributed by atoms with Crippen LogP contribution in [0.1, 0.15) is 45.0 Å². The van der Waals surface area contributed by atoms with Crippen LogP contribution in [-0.4, -0.2) is 6.54 Å². The number of hydrogen-bond acceptors (Lipinski definition) is 2. The fourth-order valence-corrected chi connectivity index (χ4v) is 2.96. The Kier molecular flexibility index (Phi) is 4.08. The molecule has 2 rings (SSSR count). The van der Waals surface area contributed by atoms with E-state index in [2.05, 4.69) is 63.3 Å². The van der Waals surface area contributed by atoms with Gasteiger partial charge >= 0.3 is 0 Å². The van der Waals surface area contributed by atoms with E-state index in [0.717, 1.165) is 6.54 Å². The molecule has 1 aromatic carbocycles. The highest BCUT2D eigenvalue weighted by atomic mass is 32.1. The number of thiophene rings is 1. The van der Waals surface area contributed by atoms with Crippen LogP contribution in [0.15, 0.2) is 30.3 Å².